The molecule has 1 aliphatic heterocycles. The lowest BCUT2D eigenvalue weighted by molar-refractivity contribution is -0.253. The fourth-order valence-corrected chi connectivity index (χ4v) is 8.25. The minimum atomic E-state index is -1.42. The summed E-state index contributed by atoms with van der Waals surface area (Å²) in [5, 5.41) is 26.8. The maximum absolute atomic E-state index is 13.5. The first-order valence-corrected chi connectivity index (χ1v) is 18.9. The first kappa shape index (κ1) is 40.1. The second-order valence-corrected chi connectivity index (χ2v) is 14.0. The number of hydrogen-bond donors (Lipinski definition) is 3. The Bertz CT molecular complexity index is 1600. The maximum atomic E-state index is 13.5. The first-order chi connectivity index (χ1) is 25.8. The van der Waals surface area contributed by atoms with Gasteiger partial charge in [0.05, 0.1) is 24.1 Å². The average molecular weight is 754 g/mol. The first-order valence-electron chi connectivity index (χ1n) is 18.4. The van der Waals surface area contributed by atoms with E-state index >= 15 is 0 Å². The van der Waals surface area contributed by atoms with Gasteiger partial charge in [0.2, 0.25) is 5.79 Å². The highest BCUT2D eigenvalue weighted by Gasteiger charge is 2.65. The second-order valence-electron chi connectivity index (χ2n) is 13.6. The predicted molar refractivity (Wildman–Crippen MR) is 201 cm³/mol. The summed E-state index contributed by atoms with van der Waals surface area (Å²) in [5.74, 6) is -1.09. The average Bonchev–Trinajstić information content (AvgIpc) is 3.17. The number of rotatable bonds is 18. The van der Waals surface area contributed by atoms with Crippen molar-refractivity contribution in [3.8, 4) is 11.5 Å². The van der Waals surface area contributed by atoms with Gasteiger partial charge < -0.3 is 44.2 Å². The molecule has 1 saturated carbocycles. The number of nitrogens with one attached hydrogen (secondary N) is 1. The van der Waals surface area contributed by atoms with Gasteiger partial charge in [-0.05, 0) is 66.9 Å². The van der Waals surface area contributed by atoms with Crippen LogP contribution < -0.4 is 14.8 Å². The number of likely N-dealkylation sites (N-methyl/N-ethyl adjacent to an activating group) is 1. The maximum Gasteiger partial charge on any atom is 0.412 e. The Balaban J connectivity index is 1.65. The topological polar surface area (TPSA) is 148 Å². The zero-order valence-electron chi connectivity index (χ0n) is 30.6. The Morgan fingerprint density at radius 2 is 1.87 bits per heavy atom. The normalized spacial score (nSPS) is 24.9. The number of carbonyl (C=O) groups is 2. The van der Waals surface area contributed by atoms with Gasteiger partial charge in [0.25, 0.3) is 0 Å². The third-order valence-corrected chi connectivity index (χ3v) is 10.5. The molecule has 5 rings (SSSR count). The molecule has 1 fully saturated rings. The molecule has 2 aromatic rings. The molecule has 0 aromatic heterocycles. The van der Waals surface area contributed by atoms with Crippen LogP contribution >= 0.6 is 11.6 Å². The van der Waals surface area contributed by atoms with E-state index in [0.29, 0.717) is 36.6 Å². The highest BCUT2D eigenvalue weighted by molar-refractivity contribution is 6.18. The Morgan fingerprint density at radius 3 is 2.57 bits per heavy atom. The molecule has 2 amide bonds. The van der Waals surface area contributed by atoms with Gasteiger partial charge in [-0.1, -0.05) is 60.5 Å². The van der Waals surface area contributed by atoms with E-state index < -0.39 is 29.9 Å². The van der Waals surface area contributed by atoms with Crippen LogP contribution in [0, 0.1) is 17.8 Å². The number of nitrogens with zero attached hydrogens (tertiary/aromatic N) is 2. The standard InChI is InChI=1S/C40H52ClN3O9/c1-4-21-51-40-35(44(2)39(48)50-22-18-41)25-33(43-49-3)31-23-28(14-8-10-19-45)30(15-9-11-20-46)36(37(31)40)32-24-29(16-17-34(32)53-40)52-38(47)42-26-27-12-6-5-7-13-27/h4-7,12-13,16-17,23-24,28,30,35-37,45-46H,1,8-11,14-15,18-22,25-26H2,2-3H3,(H,42,47). The molecule has 6 unspecified atom stereocenters. The molecule has 6 atom stereocenters. The van der Waals surface area contributed by atoms with Crippen LogP contribution in [0.15, 0.2) is 78.0 Å². The largest absolute Gasteiger partial charge is 0.459 e. The van der Waals surface area contributed by atoms with Crippen molar-refractivity contribution >= 4 is 29.5 Å². The fourth-order valence-electron chi connectivity index (χ4n) is 8.17. The number of ether oxygens (including phenoxy) is 4. The summed E-state index contributed by atoms with van der Waals surface area (Å²) in [6.07, 6.45) is 7.40. The number of unbranched alkanes of at least 4 members (excludes halogenated alkanes) is 2. The molecular formula is C40H52ClN3O9. The number of oxime groups is 1. The number of aliphatic hydroxyl groups excluding tert-OH is 2. The molecule has 0 radical (unpaired) electrons. The number of hydrogen-bond acceptors (Lipinski definition) is 10. The number of allylic oxidation sites excluding steroid dienone is 1. The Morgan fingerprint density at radius 1 is 1.11 bits per heavy atom. The molecule has 1 heterocycles. The SMILES string of the molecule is C=CCOC12Oc3ccc(OC(=O)NCc4ccccc4)cc3C3C(CCCCO)C(CCCCO)C=C(C(=NOC)CC1N(C)C(=O)OCCCl)C32. The van der Waals surface area contributed by atoms with Crippen molar-refractivity contribution in [2.24, 2.45) is 22.9 Å². The van der Waals surface area contributed by atoms with E-state index in [4.69, 9.17) is 35.4 Å². The lowest BCUT2D eigenvalue weighted by atomic mass is 9.55. The summed E-state index contributed by atoms with van der Waals surface area (Å²) < 4.78 is 25.2. The number of aliphatic hydroxyl groups is 2. The quantitative estimate of drug-likeness (QED) is 0.0668. The summed E-state index contributed by atoms with van der Waals surface area (Å²) in [6, 6.07) is 14.2. The van der Waals surface area contributed by atoms with Gasteiger partial charge in [0.15, 0.2) is 0 Å². The number of alkyl halides is 1. The zero-order chi connectivity index (χ0) is 37.8. The van der Waals surface area contributed by atoms with Crippen LogP contribution in [0.2, 0.25) is 0 Å². The van der Waals surface area contributed by atoms with Crippen molar-refractivity contribution in [1.29, 1.82) is 0 Å². The molecule has 13 heteroatoms. The molecule has 288 valence electrons. The third kappa shape index (κ3) is 9.17. The van der Waals surface area contributed by atoms with Crippen LogP contribution in [0.25, 0.3) is 0 Å². The van der Waals surface area contributed by atoms with Crippen molar-refractivity contribution in [1.82, 2.24) is 10.2 Å². The summed E-state index contributed by atoms with van der Waals surface area (Å²) in [7, 11) is 3.14. The number of fused-ring (bicyclic) bond motifs is 2. The number of carbonyl (C=O) groups excluding carboxylic acids is 2. The van der Waals surface area contributed by atoms with Gasteiger partial charge >= 0.3 is 12.2 Å². The Hall–Kier alpha value is -4.10. The van der Waals surface area contributed by atoms with Gasteiger partial charge in [0.1, 0.15) is 31.3 Å². The molecule has 0 saturated heterocycles. The molecular weight excluding hydrogens is 702 g/mol. The lowest BCUT2D eigenvalue weighted by Crippen LogP contribution is -2.69. The van der Waals surface area contributed by atoms with E-state index in [1.54, 1.807) is 25.3 Å². The molecule has 3 aliphatic rings. The van der Waals surface area contributed by atoms with E-state index in [0.717, 1.165) is 42.4 Å². The number of amides is 2. The van der Waals surface area contributed by atoms with Crippen LogP contribution in [-0.4, -0.2) is 91.3 Å². The van der Waals surface area contributed by atoms with Crippen molar-refractivity contribution in [2.45, 2.75) is 69.2 Å². The zero-order valence-corrected chi connectivity index (χ0v) is 31.3. The Labute approximate surface area is 316 Å². The predicted octanol–water partition coefficient (Wildman–Crippen LogP) is 6.55. The van der Waals surface area contributed by atoms with Crippen LogP contribution in [0.1, 0.15) is 62.0 Å². The van der Waals surface area contributed by atoms with Gasteiger partial charge in [-0.25, -0.2) is 9.59 Å². The smallest absolute Gasteiger partial charge is 0.412 e. The number of benzene rings is 2. The molecule has 0 bridgehead atoms. The molecule has 2 aromatic carbocycles. The molecule has 2 aliphatic carbocycles. The van der Waals surface area contributed by atoms with E-state index in [1.165, 1.54) is 12.0 Å². The number of halogens is 1. The lowest BCUT2D eigenvalue weighted by Gasteiger charge is -2.59. The highest BCUT2D eigenvalue weighted by Crippen LogP contribution is 2.61. The highest BCUT2D eigenvalue weighted by atomic mass is 35.5. The summed E-state index contributed by atoms with van der Waals surface area (Å²) >= 11 is 5.88. The van der Waals surface area contributed by atoms with E-state index in [9.17, 15) is 19.8 Å². The van der Waals surface area contributed by atoms with E-state index in [1.807, 2.05) is 36.4 Å². The molecule has 53 heavy (non-hydrogen) atoms. The molecule has 0 spiro atoms. The van der Waals surface area contributed by atoms with Crippen LogP contribution in [0.5, 0.6) is 11.5 Å². The third-order valence-electron chi connectivity index (χ3n) is 10.4. The Kier molecular flexibility index (Phi) is 14.6. The van der Waals surface area contributed by atoms with E-state index in [-0.39, 0.29) is 56.5 Å². The van der Waals surface area contributed by atoms with Gasteiger partial charge in [0, 0.05) is 44.7 Å². The van der Waals surface area contributed by atoms with Crippen molar-refractivity contribution in [2.75, 3.05) is 46.5 Å². The molecule has 3 N–H and O–H groups in total. The minimum Gasteiger partial charge on any atom is -0.459 e. The molecule has 12 nitrogen and oxygen atoms in total. The van der Waals surface area contributed by atoms with Crippen molar-refractivity contribution < 1.29 is 43.6 Å². The summed E-state index contributed by atoms with van der Waals surface area (Å²) in [4.78, 5) is 33.5. The van der Waals surface area contributed by atoms with Crippen LogP contribution in [-0.2, 0) is 20.9 Å². The van der Waals surface area contributed by atoms with Crippen LogP contribution in [0.4, 0.5) is 9.59 Å². The second kappa shape index (κ2) is 19.3. The van der Waals surface area contributed by atoms with Gasteiger partial charge in [-0.15, -0.1) is 18.2 Å². The van der Waals surface area contributed by atoms with E-state index in [2.05, 4.69) is 23.1 Å². The van der Waals surface area contributed by atoms with Crippen LogP contribution in [0.3, 0.4) is 0 Å². The summed E-state index contributed by atoms with van der Waals surface area (Å²) in [5.41, 5.74) is 3.32. The monoisotopic (exact) mass is 753 g/mol. The van der Waals surface area contributed by atoms with Gasteiger partial charge in [-0.2, -0.15) is 0 Å². The summed E-state index contributed by atoms with van der Waals surface area (Å²) in [6.45, 7) is 4.55. The minimum absolute atomic E-state index is 0.0153. The van der Waals surface area contributed by atoms with Gasteiger partial charge in [-0.3, -0.25) is 0 Å². The van der Waals surface area contributed by atoms with Crippen molar-refractivity contribution in [3.63, 3.8) is 0 Å². The van der Waals surface area contributed by atoms with Crippen molar-refractivity contribution in [3.05, 3.63) is 84.0 Å². The fraction of sp³-hybridized carbons (Fsp3) is 0.525.